The number of benzene rings is 2. The van der Waals surface area contributed by atoms with Crippen LogP contribution in [-0.4, -0.2) is 17.7 Å². The van der Waals surface area contributed by atoms with Crippen molar-refractivity contribution in [2.75, 3.05) is 18.5 Å². The Morgan fingerprint density at radius 1 is 1.10 bits per heavy atom. The van der Waals surface area contributed by atoms with E-state index >= 15 is 0 Å². The maximum atomic E-state index is 6.39. The first-order valence-electron chi connectivity index (χ1n) is 9.38. The largest absolute Gasteiger partial charge is 1.00 e. The van der Waals surface area contributed by atoms with E-state index in [1.807, 2.05) is 49.1 Å². The van der Waals surface area contributed by atoms with E-state index in [0.29, 0.717) is 39.8 Å². The van der Waals surface area contributed by atoms with Crippen LogP contribution >= 0.6 is 46.4 Å². The maximum Gasteiger partial charge on any atom is 0.243 e. The summed E-state index contributed by atoms with van der Waals surface area (Å²) in [7, 11) is 0. The summed E-state index contributed by atoms with van der Waals surface area (Å²) < 4.78 is 10.1. The summed E-state index contributed by atoms with van der Waals surface area (Å²) in [6.07, 6.45) is 7.51. The molecule has 0 aliphatic carbocycles. The van der Waals surface area contributed by atoms with Crippen LogP contribution in [0, 0.1) is 0 Å². The molecule has 3 rings (SSSR count). The Morgan fingerprint density at radius 2 is 1.84 bits per heavy atom. The average molecular weight is 566 g/mol. The Labute approximate surface area is 213 Å². The van der Waals surface area contributed by atoms with E-state index in [-0.39, 0.29) is 23.1 Å². The number of ether oxygens (including phenoxy) is 1. The Kier molecular flexibility index (Phi) is 10.7. The van der Waals surface area contributed by atoms with Gasteiger partial charge in [-0.05, 0) is 24.3 Å². The van der Waals surface area contributed by atoms with Gasteiger partial charge in [-0.15, -0.1) is 6.58 Å². The second-order valence-corrected chi connectivity index (χ2v) is 8.31. The predicted octanol–water partition coefficient (Wildman–Crippen LogP) is 3.45. The standard InChI is InChI=1S/C22H22Cl4N3O.BrH/c1-2-12-30-21(17-7-6-16(23)13-20(17)26)14-29-11-10-28(15-29)9-8-27-22-18(24)4-3-5-19(22)25;/h2-7,10-11,13,15,21,27H,1,8-9,12,14H2;1H/q+1;/p-1. The SMILES string of the molecule is C=CCOC(C[n+]1ccn(CCNc2c(Cl)cccc2Cl)c1)c1ccc(Cl)cc1Cl.[Br-]. The summed E-state index contributed by atoms with van der Waals surface area (Å²) >= 11 is 24.8. The molecule has 2 aromatic carbocycles. The number of para-hydroxylation sites is 1. The van der Waals surface area contributed by atoms with Crippen molar-refractivity contribution in [3.8, 4) is 0 Å². The summed E-state index contributed by atoms with van der Waals surface area (Å²) in [5.74, 6) is 0. The summed E-state index contributed by atoms with van der Waals surface area (Å²) in [4.78, 5) is 0. The Balaban J connectivity index is 0.00000341. The van der Waals surface area contributed by atoms with Gasteiger partial charge in [0.05, 0.1) is 28.9 Å². The fourth-order valence-corrected chi connectivity index (χ4v) is 4.10. The van der Waals surface area contributed by atoms with Crippen LogP contribution in [0.4, 0.5) is 5.69 Å². The molecule has 1 atom stereocenters. The first-order chi connectivity index (χ1) is 14.5. The van der Waals surface area contributed by atoms with Gasteiger partial charge in [0.15, 0.2) is 0 Å². The Bertz CT molecular complexity index is 992. The van der Waals surface area contributed by atoms with Crippen molar-refractivity contribution in [3.05, 3.63) is 93.4 Å². The fourth-order valence-electron chi connectivity index (χ4n) is 3.03. The molecule has 0 bridgehead atoms. The van der Waals surface area contributed by atoms with Crippen molar-refractivity contribution >= 4 is 52.1 Å². The number of nitrogens with zero attached hydrogens (tertiary/aromatic N) is 2. The van der Waals surface area contributed by atoms with E-state index in [1.165, 1.54) is 0 Å². The third-order valence-electron chi connectivity index (χ3n) is 4.48. The molecule has 1 N–H and O–H groups in total. The highest BCUT2D eigenvalue weighted by molar-refractivity contribution is 6.39. The molecular formula is C22H22BrCl4N3O. The van der Waals surface area contributed by atoms with Gasteiger partial charge in [0.1, 0.15) is 31.6 Å². The lowest BCUT2D eigenvalue weighted by atomic mass is 10.1. The molecule has 1 heterocycles. The predicted molar refractivity (Wildman–Crippen MR) is 125 cm³/mol. The van der Waals surface area contributed by atoms with Gasteiger partial charge in [-0.1, -0.05) is 64.6 Å². The molecule has 0 aliphatic heterocycles. The van der Waals surface area contributed by atoms with Crippen LogP contribution in [0.5, 0.6) is 0 Å². The molecule has 31 heavy (non-hydrogen) atoms. The van der Waals surface area contributed by atoms with E-state index in [0.717, 1.165) is 17.8 Å². The first kappa shape index (κ1) is 26.0. The monoisotopic (exact) mass is 563 g/mol. The lowest BCUT2D eigenvalue weighted by Crippen LogP contribution is -3.00. The minimum Gasteiger partial charge on any atom is -1.00 e. The summed E-state index contributed by atoms with van der Waals surface area (Å²) in [5.41, 5.74) is 1.63. The normalized spacial score (nSPS) is 11.6. The van der Waals surface area contributed by atoms with Crippen molar-refractivity contribution in [2.45, 2.75) is 19.2 Å². The summed E-state index contributed by atoms with van der Waals surface area (Å²) in [5, 5.41) is 5.67. The minimum atomic E-state index is -0.228. The van der Waals surface area contributed by atoms with Gasteiger partial charge in [-0.2, -0.15) is 0 Å². The number of nitrogens with one attached hydrogen (secondary N) is 1. The lowest BCUT2D eigenvalue weighted by molar-refractivity contribution is -0.704. The third-order valence-corrected chi connectivity index (χ3v) is 5.67. The van der Waals surface area contributed by atoms with Crippen LogP contribution in [-0.2, 0) is 17.8 Å². The molecule has 1 aromatic heterocycles. The second kappa shape index (κ2) is 12.7. The molecule has 3 aromatic rings. The third kappa shape index (κ3) is 7.41. The number of anilines is 1. The second-order valence-electron chi connectivity index (χ2n) is 6.65. The number of hydrogen-bond donors (Lipinski definition) is 1. The van der Waals surface area contributed by atoms with Gasteiger partial charge in [0.2, 0.25) is 6.33 Å². The highest BCUT2D eigenvalue weighted by Crippen LogP contribution is 2.30. The molecule has 9 heteroatoms. The Hall–Kier alpha value is -1.21. The zero-order valence-corrected chi connectivity index (χ0v) is 21.2. The molecule has 0 amide bonds. The van der Waals surface area contributed by atoms with Gasteiger partial charge in [-0.3, -0.25) is 0 Å². The maximum absolute atomic E-state index is 6.39. The topological polar surface area (TPSA) is 30.1 Å². The van der Waals surface area contributed by atoms with Gasteiger partial charge < -0.3 is 27.0 Å². The average Bonchev–Trinajstić information content (AvgIpc) is 3.15. The highest BCUT2D eigenvalue weighted by atomic mass is 79.9. The van der Waals surface area contributed by atoms with Crippen molar-refractivity contribution in [1.29, 1.82) is 0 Å². The fraction of sp³-hybridized carbons (Fsp3) is 0.227. The number of rotatable bonds is 10. The van der Waals surface area contributed by atoms with E-state index in [1.54, 1.807) is 12.1 Å². The molecule has 0 fully saturated rings. The van der Waals surface area contributed by atoms with Crippen LogP contribution in [0.25, 0.3) is 0 Å². The van der Waals surface area contributed by atoms with Crippen LogP contribution in [0.1, 0.15) is 11.7 Å². The van der Waals surface area contributed by atoms with Gasteiger partial charge in [0.25, 0.3) is 0 Å². The quantitative estimate of drug-likeness (QED) is 0.301. The lowest BCUT2D eigenvalue weighted by Gasteiger charge is -2.17. The van der Waals surface area contributed by atoms with E-state index in [4.69, 9.17) is 51.1 Å². The highest BCUT2D eigenvalue weighted by Gasteiger charge is 2.19. The van der Waals surface area contributed by atoms with E-state index in [2.05, 4.69) is 21.0 Å². The van der Waals surface area contributed by atoms with Crippen LogP contribution in [0.2, 0.25) is 20.1 Å². The number of halogens is 5. The molecule has 0 radical (unpaired) electrons. The van der Waals surface area contributed by atoms with E-state index in [9.17, 15) is 0 Å². The van der Waals surface area contributed by atoms with Crippen molar-refractivity contribution in [2.24, 2.45) is 0 Å². The molecule has 1 unspecified atom stereocenters. The molecule has 0 saturated carbocycles. The Morgan fingerprint density at radius 3 is 2.52 bits per heavy atom. The van der Waals surface area contributed by atoms with Gasteiger partial charge in [0, 0.05) is 15.6 Å². The van der Waals surface area contributed by atoms with Crippen LogP contribution < -0.4 is 26.9 Å². The first-order valence-corrected chi connectivity index (χ1v) is 10.9. The van der Waals surface area contributed by atoms with Crippen LogP contribution in [0.3, 0.4) is 0 Å². The summed E-state index contributed by atoms with van der Waals surface area (Å²) in [6, 6.07) is 10.9. The molecule has 0 saturated heterocycles. The van der Waals surface area contributed by atoms with Gasteiger partial charge >= 0.3 is 0 Å². The number of aromatic nitrogens is 2. The molecule has 0 spiro atoms. The molecule has 4 nitrogen and oxygen atoms in total. The minimum absolute atomic E-state index is 0. The summed E-state index contributed by atoms with van der Waals surface area (Å²) in [6.45, 7) is 6.18. The number of hydrogen-bond acceptors (Lipinski definition) is 2. The van der Waals surface area contributed by atoms with Crippen molar-refractivity contribution in [1.82, 2.24) is 4.57 Å². The molecule has 166 valence electrons. The number of imidazole rings is 1. The molecular weight excluding hydrogens is 544 g/mol. The molecule has 0 aliphatic rings. The van der Waals surface area contributed by atoms with Gasteiger partial charge in [-0.25, -0.2) is 9.13 Å². The van der Waals surface area contributed by atoms with Crippen LogP contribution in [0.15, 0.2) is 67.8 Å². The smallest absolute Gasteiger partial charge is 0.243 e. The van der Waals surface area contributed by atoms with Crippen molar-refractivity contribution in [3.63, 3.8) is 0 Å². The van der Waals surface area contributed by atoms with E-state index < -0.39 is 0 Å². The van der Waals surface area contributed by atoms with Crippen molar-refractivity contribution < 1.29 is 26.3 Å². The zero-order chi connectivity index (χ0) is 21.5. The zero-order valence-electron chi connectivity index (χ0n) is 16.6.